The maximum Gasteiger partial charge on any atom is 0.211 e. The standard InChI is InChI=1S/C8H9NO4/c1-13-6-3-2-5(9-4-10)7(11)8(6)12/h2-4,11-12H,1H3,(H,9,10). The van der Waals surface area contributed by atoms with Gasteiger partial charge in [0.1, 0.15) is 0 Å². The van der Waals surface area contributed by atoms with Crippen LogP contribution in [0.2, 0.25) is 0 Å². The van der Waals surface area contributed by atoms with Crippen LogP contribution in [-0.2, 0) is 4.79 Å². The van der Waals surface area contributed by atoms with Crippen molar-refractivity contribution >= 4 is 12.1 Å². The lowest BCUT2D eigenvalue weighted by Gasteiger charge is -2.07. The summed E-state index contributed by atoms with van der Waals surface area (Å²) in [5.74, 6) is -0.658. The Balaban J connectivity index is 3.14. The highest BCUT2D eigenvalue weighted by Gasteiger charge is 2.10. The fourth-order valence-corrected chi connectivity index (χ4v) is 0.906. The van der Waals surface area contributed by atoms with E-state index in [-0.39, 0.29) is 11.4 Å². The minimum absolute atomic E-state index is 0.133. The molecule has 0 saturated carbocycles. The molecule has 70 valence electrons. The maximum absolute atomic E-state index is 10.1. The van der Waals surface area contributed by atoms with E-state index in [2.05, 4.69) is 5.32 Å². The number of nitrogens with one attached hydrogen (secondary N) is 1. The Labute approximate surface area is 74.6 Å². The van der Waals surface area contributed by atoms with E-state index in [1.165, 1.54) is 19.2 Å². The Morgan fingerprint density at radius 3 is 2.62 bits per heavy atom. The third-order valence-electron chi connectivity index (χ3n) is 1.55. The first kappa shape index (κ1) is 9.18. The minimum atomic E-state index is -0.411. The fourth-order valence-electron chi connectivity index (χ4n) is 0.906. The van der Waals surface area contributed by atoms with E-state index < -0.39 is 11.5 Å². The summed E-state index contributed by atoms with van der Waals surface area (Å²) in [6.45, 7) is 0. The molecule has 5 nitrogen and oxygen atoms in total. The second-order valence-electron chi connectivity index (χ2n) is 2.27. The first-order valence-electron chi connectivity index (χ1n) is 3.49. The average Bonchev–Trinajstić information content (AvgIpc) is 2.14. The van der Waals surface area contributed by atoms with Gasteiger partial charge in [-0.05, 0) is 12.1 Å². The second-order valence-corrected chi connectivity index (χ2v) is 2.27. The highest BCUT2D eigenvalue weighted by molar-refractivity contribution is 5.78. The number of aromatic hydroxyl groups is 2. The zero-order valence-electron chi connectivity index (χ0n) is 6.94. The van der Waals surface area contributed by atoms with Gasteiger partial charge in [0, 0.05) is 0 Å². The van der Waals surface area contributed by atoms with Crippen LogP contribution in [-0.4, -0.2) is 23.7 Å². The van der Waals surface area contributed by atoms with Crippen molar-refractivity contribution < 1.29 is 19.7 Å². The highest BCUT2D eigenvalue weighted by Crippen LogP contribution is 2.40. The number of hydrogen-bond acceptors (Lipinski definition) is 4. The maximum atomic E-state index is 10.1. The van der Waals surface area contributed by atoms with Gasteiger partial charge >= 0.3 is 0 Å². The van der Waals surface area contributed by atoms with Gasteiger partial charge in [-0.3, -0.25) is 4.79 Å². The van der Waals surface area contributed by atoms with Gasteiger partial charge in [-0.25, -0.2) is 0 Å². The molecule has 0 saturated heterocycles. The van der Waals surface area contributed by atoms with Crippen molar-refractivity contribution in [3.05, 3.63) is 12.1 Å². The summed E-state index contributed by atoms with van der Waals surface area (Å²) in [6.07, 6.45) is 0.404. The fraction of sp³-hybridized carbons (Fsp3) is 0.125. The van der Waals surface area contributed by atoms with Crippen molar-refractivity contribution in [1.29, 1.82) is 0 Å². The molecular weight excluding hydrogens is 174 g/mol. The van der Waals surface area contributed by atoms with Crippen LogP contribution >= 0.6 is 0 Å². The Bertz CT molecular complexity index is 324. The van der Waals surface area contributed by atoms with Crippen molar-refractivity contribution in [3.8, 4) is 17.2 Å². The lowest BCUT2D eigenvalue weighted by Crippen LogP contribution is -1.94. The lowest BCUT2D eigenvalue weighted by molar-refractivity contribution is -0.105. The van der Waals surface area contributed by atoms with Crippen molar-refractivity contribution in [1.82, 2.24) is 0 Å². The molecule has 13 heavy (non-hydrogen) atoms. The molecule has 0 aliphatic heterocycles. The van der Waals surface area contributed by atoms with Gasteiger partial charge < -0.3 is 20.3 Å². The summed E-state index contributed by atoms with van der Waals surface area (Å²) in [4.78, 5) is 10.1. The number of phenolic OH excluding ortho intramolecular Hbond substituents is 2. The van der Waals surface area contributed by atoms with E-state index in [0.717, 1.165) is 0 Å². The van der Waals surface area contributed by atoms with E-state index in [0.29, 0.717) is 6.41 Å². The quantitative estimate of drug-likeness (QED) is 0.475. The molecule has 0 atom stereocenters. The van der Waals surface area contributed by atoms with Gasteiger partial charge in [0.15, 0.2) is 11.5 Å². The summed E-state index contributed by atoms with van der Waals surface area (Å²) in [5, 5.41) is 20.8. The molecule has 0 unspecified atom stereocenters. The number of carbonyl (C=O) groups is 1. The molecule has 0 bridgehead atoms. The van der Waals surface area contributed by atoms with Crippen molar-refractivity contribution in [3.63, 3.8) is 0 Å². The normalized spacial score (nSPS) is 9.31. The van der Waals surface area contributed by atoms with E-state index in [4.69, 9.17) is 4.74 Å². The van der Waals surface area contributed by atoms with Crippen molar-refractivity contribution in [2.45, 2.75) is 0 Å². The molecule has 3 N–H and O–H groups in total. The van der Waals surface area contributed by atoms with Gasteiger partial charge in [-0.2, -0.15) is 0 Å². The molecule has 0 aliphatic rings. The van der Waals surface area contributed by atoms with E-state index in [1.807, 2.05) is 0 Å². The second kappa shape index (κ2) is 3.66. The highest BCUT2D eigenvalue weighted by atomic mass is 16.5. The Morgan fingerprint density at radius 2 is 2.08 bits per heavy atom. The number of ether oxygens (including phenoxy) is 1. The molecule has 0 spiro atoms. The number of methoxy groups -OCH3 is 1. The summed E-state index contributed by atoms with van der Waals surface area (Å²) >= 11 is 0. The monoisotopic (exact) mass is 183 g/mol. The molecular formula is C8H9NO4. The molecule has 0 radical (unpaired) electrons. The third-order valence-corrected chi connectivity index (χ3v) is 1.55. The van der Waals surface area contributed by atoms with Crippen LogP contribution < -0.4 is 10.1 Å². The van der Waals surface area contributed by atoms with Crippen LogP contribution in [0.5, 0.6) is 17.2 Å². The summed E-state index contributed by atoms with van der Waals surface area (Å²) in [5.41, 5.74) is 0.133. The Kier molecular flexibility index (Phi) is 2.59. The molecule has 1 aromatic carbocycles. The molecule has 0 heterocycles. The van der Waals surface area contributed by atoms with Crippen LogP contribution in [0.3, 0.4) is 0 Å². The van der Waals surface area contributed by atoms with Crippen LogP contribution in [0.25, 0.3) is 0 Å². The number of anilines is 1. The summed E-state index contributed by atoms with van der Waals surface area (Å²) < 4.78 is 4.73. The van der Waals surface area contributed by atoms with Crippen molar-refractivity contribution in [2.24, 2.45) is 0 Å². The first-order chi connectivity index (χ1) is 6.20. The van der Waals surface area contributed by atoms with Gasteiger partial charge in [-0.1, -0.05) is 0 Å². The summed E-state index contributed by atoms with van der Waals surface area (Å²) in [6, 6.07) is 2.85. The third kappa shape index (κ3) is 1.64. The molecule has 5 heteroatoms. The molecule has 0 aliphatic carbocycles. The lowest BCUT2D eigenvalue weighted by atomic mass is 10.2. The number of hydrogen-bond donors (Lipinski definition) is 3. The van der Waals surface area contributed by atoms with Crippen LogP contribution in [0.15, 0.2) is 12.1 Å². The zero-order chi connectivity index (χ0) is 9.84. The van der Waals surface area contributed by atoms with Gasteiger partial charge in [0.25, 0.3) is 0 Å². The summed E-state index contributed by atoms with van der Waals surface area (Å²) in [7, 11) is 1.36. The van der Waals surface area contributed by atoms with Crippen molar-refractivity contribution in [2.75, 3.05) is 12.4 Å². The zero-order valence-corrected chi connectivity index (χ0v) is 6.94. The SMILES string of the molecule is COc1ccc(NC=O)c(O)c1O. The molecule has 1 rings (SSSR count). The molecule has 1 amide bonds. The number of amides is 1. The number of carbonyl (C=O) groups excluding carboxylic acids is 1. The molecule has 0 fully saturated rings. The van der Waals surface area contributed by atoms with Crippen LogP contribution in [0.4, 0.5) is 5.69 Å². The van der Waals surface area contributed by atoms with Gasteiger partial charge in [0.05, 0.1) is 12.8 Å². The number of benzene rings is 1. The van der Waals surface area contributed by atoms with E-state index in [9.17, 15) is 15.0 Å². The molecule has 0 aromatic heterocycles. The number of phenols is 2. The predicted octanol–water partition coefficient (Wildman–Crippen LogP) is 0.675. The van der Waals surface area contributed by atoms with Crippen LogP contribution in [0, 0.1) is 0 Å². The average molecular weight is 183 g/mol. The Morgan fingerprint density at radius 1 is 1.38 bits per heavy atom. The first-order valence-corrected chi connectivity index (χ1v) is 3.49. The van der Waals surface area contributed by atoms with Crippen LogP contribution in [0.1, 0.15) is 0 Å². The molecule has 1 aromatic rings. The Hall–Kier alpha value is -1.91. The minimum Gasteiger partial charge on any atom is -0.503 e. The smallest absolute Gasteiger partial charge is 0.211 e. The predicted molar refractivity (Wildman–Crippen MR) is 46.0 cm³/mol. The van der Waals surface area contributed by atoms with Gasteiger partial charge in [-0.15, -0.1) is 0 Å². The number of rotatable bonds is 3. The van der Waals surface area contributed by atoms with Gasteiger partial charge in [0.2, 0.25) is 12.2 Å². The van der Waals surface area contributed by atoms with E-state index >= 15 is 0 Å². The topological polar surface area (TPSA) is 78.8 Å². The largest absolute Gasteiger partial charge is 0.503 e. The van der Waals surface area contributed by atoms with E-state index in [1.54, 1.807) is 0 Å².